The zero-order valence-corrected chi connectivity index (χ0v) is 13.6. The van der Waals surface area contributed by atoms with E-state index in [-0.39, 0.29) is 11.8 Å². The lowest BCUT2D eigenvalue weighted by atomic mass is 9.95. The van der Waals surface area contributed by atoms with E-state index in [1.54, 1.807) is 0 Å². The van der Waals surface area contributed by atoms with E-state index in [9.17, 15) is 4.79 Å². The molecule has 2 aromatic rings. The van der Waals surface area contributed by atoms with Crippen molar-refractivity contribution in [1.82, 2.24) is 4.90 Å². The highest BCUT2D eigenvalue weighted by Gasteiger charge is 2.29. The van der Waals surface area contributed by atoms with Crippen LogP contribution in [-0.4, -0.2) is 10.8 Å². The summed E-state index contributed by atoms with van der Waals surface area (Å²) in [5, 5.41) is 0. The number of hydrogen-bond donors (Lipinski definition) is 0. The van der Waals surface area contributed by atoms with Crippen molar-refractivity contribution in [2.75, 3.05) is 0 Å². The van der Waals surface area contributed by atoms with Gasteiger partial charge in [-0.25, -0.2) is 0 Å². The van der Waals surface area contributed by atoms with Crippen molar-refractivity contribution in [2.45, 2.75) is 32.4 Å². The molecule has 0 aromatic heterocycles. The van der Waals surface area contributed by atoms with Crippen LogP contribution in [0.4, 0.5) is 0 Å². The van der Waals surface area contributed by atoms with E-state index < -0.39 is 0 Å². The summed E-state index contributed by atoms with van der Waals surface area (Å²) in [6, 6.07) is 16.4. The maximum atomic E-state index is 12.8. The molecule has 0 fully saturated rings. The Morgan fingerprint density at radius 3 is 2.57 bits per heavy atom. The smallest absolute Gasteiger partial charge is 0.230 e. The van der Waals surface area contributed by atoms with E-state index in [0.717, 1.165) is 29.5 Å². The first-order valence-electron chi connectivity index (χ1n) is 7.30. The molecule has 0 aliphatic carbocycles. The van der Waals surface area contributed by atoms with Crippen molar-refractivity contribution in [1.29, 1.82) is 0 Å². The van der Waals surface area contributed by atoms with Gasteiger partial charge in [0.2, 0.25) is 5.91 Å². The predicted octanol–water partition coefficient (Wildman–Crippen LogP) is 4.49. The zero-order chi connectivity index (χ0) is 14.8. The van der Waals surface area contributed by atoms with Crippen LogP contribution in [-0.2, 0) is 17.9 Å². The molecular formula is C18H18BrNO. The van der Waals surface area contributed by atoms with Crippen LogP contribution in [0, 0.1) is 0 Å². The summed E-state index contributed by atoms with van der Waals surface area (Å²) in [7, 11) is 0. The molecule has 0 saturated carbocycles. The predicted molar refractivity (Wildman–Crippen MR) is 87.9 cm³/mol. The van der Waals surface area contributed by atoms with Gasteiger partial charge in [-0.05, 0) is 35.2 Å². The molecule has 1 atom stereocenters. The largest absolute Gasteiger partial charge is 0.333 e. The number of fused-ring (bicyclic) bond motifs is 1. The first kappa shape index (κ1) is 14.3. The van der Waals surface area contributed by atoms with Crippen molar-refractivity contribution in [3.63, 3.8) is 0 Å². The minimum atomic E-state index is -0.0380. The monoisotopic (exact) mass is 343 g/mol. The van der Waals surface area contributed by atoms with Gasteiger partial charge in [0, 0.05) is 17.6 Å². The molecule has 1 aliphatic rings. The summed E-state index contributed by atoms with van der Waals surface area (Å²) < 4.78 is 1.07. The maximum Gasteiger partial charge on any atom is 0.230 e. The summed E-state index contributed by atoms with van der Waals surface area (Å²) >= 11 is 3.50. The van der Waals surface area contributed by atoms with Crippen LogP contribution in [0.25, 0.3) is 0 Å². The van der Waals surface area contributed by atoms with Crippen LogP contribution in [0.15, 0.2) is 53.0 Å². The van der Waals surface area contributed by atoms with Gasteiger partial charge >= 0.3 is 0 Å². The highest BCUT2D eigenvalue weighted by Crippen LogP contribution is 2.30. The van der Waals surface area contributed by atoms with E-state index in [1.165, 1.54) is 11.1 Å². The van der Waals surface area contributed by atoms with Gasteiger partial charge in [0.1, 0.15) is 0 Å². The minimum Gasteiger partial charge on any atom is -0.333 e. The zero-order valence-electron chi connectivity index (χ0n) is 12.1. The quantitative estimate of drug-likeness (QED) is 0.804. The molecule has 0 spiro atoms. The third-order valence-corrected chi connectivity index (χ3v) is 4.60. The van der Waals surface area contributed by atoms with Crippen LogP contribution >= 0.6 is 15.9 Å². The fraction of sp³-hybridized carbons (Fsp3) is 0.278. The van der Waals surface area contributed by atoms with Crippen molar-refractivity contribution >= 4 is 21.8 Å². The number of amides is 1. The van der Waals surface area contributed by atoms with Crippen LogP contribution in [0.5, 0.6) is 0 Å². The van der Waals surface area contributed by atoms with Gasteiger partial charge in [0.15, 0.2) is 0 Å². The van der Waals surface area contributed by atoms with E-state index >= 15 is 0 Å². The van der Waals surface area contributed by atoms with E-state index in [2.05, 4.69) is 35.0 Å². The maximum absolute atomic E-state index is 12.8. The molecule has 0 unspecified atom stereocenters. The highest BCUT2D eigenvalue weighted by molar-refractivity contribution is 9.10. The Balaban J connectivity index is 1.80. The van der Waals surface area contributed by atoms with Gasteiger partial charge in [-0.1, -0.05) is 59.3 Å². The van der Waals surface area contributed by atoms with Crippen LogP contribution in [0.3, 0.4) is 0 Å². The first-order chi connectivity index (χ1) is 10.2. The van der Waals surface area contributed by atoms with Gasteiger partial charge in [-0.2, -0.15) is 0 Å². The van der Waals surface area contributed by atoms with E-state index in [1.807, 2.05) is 41.3 Å². The summed E-state index contributed by atoms with van der Waals surface area (Å²) in [6.07, 6.45) is 0.833. The van der Waals surface area contributed by atoms with E-state index in [4.69, 9.17) is 0 Å². The molecule has 0 radical (unpaired) electrons. The highest BCUT2D eigenvalue weighted by atomic mass is 79.9. The van der Waals surface area contributed by atoms with Crippen LogP contribution in [0.2, 0.25) is 0 Å². The summed E-state index contributed by atoms with van der Waals surface area (Å²) in [6.45, 7) is 3.52. The molecule has 3 rings (SSSR count). The Hall–Kier alpha value is -1.61. The second-order valence-corrected chi connectivity index (χ2v) is 6.39. The van der Waals surface area contributed by atoms with Crippen molar-refractivity contribution < 1.29 is 4.79 Å². The van der Waals surface area contributed by atoms with Gasteiger partial charge in [0.05, 0.1) is 5.92 Å². The number of halogens is 1. The minimum absolute atomic E-state index is 0.0380. The Morgan fingerprint density at radius 2 is 1.86 bits per heavy atom. The van der Waals surface area contributed by atoms with E-state index in [0.29, 0.717) is 0 Å². The second kappa shape index (κ2) is 6.02. The van der Waals surface area contributed by atoms with Crippen LogP contribution < -0.4 is 0 Å². The second-order valence-electron chi connectivity index (χ2n) is 5.48. The molecule has 0 N–H and O–H groups in total. The Kier molecular flexibility index (Phi) is 4.11. The van der Waals surface area contributed by atoms with Gasteiger partial charge in [-0.15, -0.1) is 0 Å². The fourth-order valence-corrected chi connectivity index (χ4v) is 3.39. The molecule has 108 valence electrons. The number of rotatable bonds is 3. The fourth-order valence-electron chi connectivity index (χ4n) is 2.98. The third-order valence-electron chi connectivity index (χ3n) is 4.11. The molecule has 0 bridgehead atoms. The first-order valence-corrected chi connectivity index (χ1v) is 8.09. The molecule has 1 heterocycles. The van der Waals surface area contributed by atoms with Crippen molar-refractivity contribution in [3.8, 4) is 0 Å². The third kappa shape index (κ3) is 2.88. The number of carbonyl (C=O) groups excluding carboxylic acids is 1. The standard InChI is InChI=1S/C18H18BrNO/c1-2-17(13-6-4-3-5-7-13)18(21)20-11-14-8-9-16(19)10-15(14)12-20/h3-10,17H,2,11-12H2,1H3/t17-/m1/s1. The number of carbonyl (C=O) groups is 1. The molecule has 2 aromatic carbocycles. The average Bonchev–Trinajstić information content (AvgIpc) is 2.92. The van der Waals surface area contributed by atoms with Gasteiger partial charge in [0.25, 0.3) is 0 Å². The lowest BCUT2D eigenvalue weighted by molar-refractivity contribution is -0.133. The molecule has 1 aliphatic heterocycles. The molecule has 21 heavy (non-hydrogen) atoms. The number of benzene rings is 2. The topological polar surface area (TPSA) is 20.3 Å². The Morgan fingerprint density at radius 1 is 1.14 bits per heavy atom. The van der Waals surface area contributed by atoms with Crippen molar-refractivity contribution in [2.24, 2.45) is 0 Å². The summed E-state index contributed by atoms with van der Waals surface area (Å²) in [5.41, 5.74) is 3.62. The molecule has 2 nitrogen and oxygen atoms in total. The van der Waals surface area contributed by atoms with Gasteiger partial charge < -0.3 is 4.90 Å². The lowest BCUT2D eigenvalue weighted by Crippen LogP contribution is -2.30. The average molecular weight is 344 g/mol. The van der Waals surface area contributed by atoms with Crippen LogP contribution in [0.1, 0.15) is 36.0 Å². The number of hydrogen-bond acceptors (Lipinski definition) is 1. The lowest BCUT2D eigenvalue weighted by Gasteiger charge is -2.22. The Labute approximate surface area is 133 Å². The Bertz CT molecular complexity index is 654. The van der Waals surface area contributed by atoms with Crippen molar-refractivity contribution in [3.05, 3.63) is 69.7 Å². The molecule has 0 saturated heterocycles. The summed E-state index contributed by atoms with van der Waals surface area (Å²) in [5.74, 6) is 0.194. The molecule has 1 amide bonds. The van der Waals surface area contributed by atoms with Gasteiger partial charge in [-0.3, -0.25) is 4.79 Å². The molecular weight excluding hydrogens is 326 g/mol. The normalized spacial score (nSPS) is 14.9. The number of nitrogens with zero attached hydrogens (tertiary/aromatic N) is 1. The molecule has 3 heteroatoms. The SMILES string of the molecule is CC[C@@H](C(=O)N1Cc2ccc(Br)cc2C1)c1ccccc1. The summed E-state index contributed by atoms with van der Waals surface area (Å²) in [4.78, 5) is 14.8.